The number of carbonyl (C=O) groups excluding carboxylic acids is 5. The van der Waals surface area contributed by atoms with E-state index in [-0.39, 0.29) is 37.8 Å². The van der Waals surface area contributed by atoms with Crippen molar-refractivity contribution in [1.82, 2.24) is 25.8 Å². The molecule has 0 radical (unpaired) electrons. The van der Waals surface area contributed by atoms with Crippen LogP contribution in [0.4, 0.5) is 0 Å². The maximum absolute atomic E-state index is 14.5. The standard InChI is InChI=1S/C35H44N6O6/c1-5-10-25(29(43)32(45)37-24-14-15-24)38-31(44)27-19-35(18-26(40-47-35)23-12-7-6-8-13-23)21-41(27)33(46)30(34(2,3)4)39-28(42)17-22-11-9-16-36-20-22/h6-9,11-13,16,20,24-25,27,30H,5,10,14-15,17-19,21H2,1-4H3,(H,37,45)(H,38,44)(H,39,42)/t25-,27-,30+,35+/m0/s1. The summed E-state index contributed by atoms with van der Waals surface area (Å²) in [6, 6.07) is 10.00. The normalized spacial score (nSPS) is 21.7. The molecule has 1 aromatic heterocycles. The number of oxime groups is 1. The van der Waals surface area contributed by atoms with E-state index in [9.17, 15) is 24.0 Å². The topological polar surface area (TPSA) is 159 Å². The number of benzene rings is 1. The molecule has 4 amide bonds. The molecular weight excluding hydrogens is 600 g/mol. The number of pyridine rings is 1. The zero-order valence-electron chi connectivity index (χ0n) is 27.5. The summed E-state index contributed by atoms with van der Waals surface area (Å²) in [5, 5.41) is 12.8. The van der Waals surface area contributed by atoms with Gasteiger partial charge in [0.2, 0.25) is 23.5 Å². The summed E-state index contributed by atoms with van der Waals surface area (Å²) in [7, 11) is 0. The third-order valence-corrected chi connectivity index (χ3v) is 8.78. The number of amides is 4. The lowest BCUT2D eigenvalue weighted by Crippen LogP contribution is -2.59. The molecule has 1 saturated carbocycles. The van der Waals surface area contributed by atoms with Crippen molar-refractivity contribution in [1.29, 1.82) is 0 Å². The lowest BCUT2D eigenvalue weighted by atomic mass is 9.85. The van der Waals surface area contributed by atoms with Crippen LogP contribution in [0.1, 0.15) is 77.3 Å². The number of hydrogen-bond acceptors (Lipinski definition) is 8. The SMILES string of the molecule is CCC[C@H](NC(=O)[C@@H]1C[C@]2(CC(c3ccccc3)=NO2)CN1C(=O)[C@@H](NC(=O)Cc1cccnc1)C(C)(C)C)C(=O)C(=O)NC1CC1. The van der Waals surface area contributed by atoms with Crippen LogP contribution in [0.15, 0.2) is 60.0 Å². The third-order valence-electron chi connectivity index (χ3n) is 8.78. The minimum atomic E-state index is -1.04. The molecule has 3 heterocycles. The molecule has 1 aliphatic carbocycles. The largest absolute Gasteiger partial charge is 0.387 e. The van der Waals surface area contributed by atoms with Gasteiger partial charge in [0.1, 0.15) is 12.1 Å². The molecule has 1 aromatic carbocycles. The van der Waals surface area contributed by atoms with Crippen LogP contribution in [0.2, 0.25) is 0 Å². The monoisotopic (exact) mass is 644 g/mol. The predicted molar refractivity (Wildman–Crippen MR) is 174 cm³/mol. The summed E-state index contributed by atoms with van der Waals surface area (Å²) in [5.74, 6) is -2.79. The highest BCUT2D eigenvalue weighted by molar-refractivity contribution is 6.38. The van der Waals surface area contributed by atoms with Gasteiger partial charge in [0.05, 0.1) is 24.7 Å². The van der Waals surface area contributed by atoms with Crippen LogP contribution in [-0.4, -0.2) is 81.3 Å². The molecule has 2 aromatic rings. The molecule has 5 rings (SSSR count). The second kappa shape index (κ2) is 14.0. The van der Waals surface area contributed by atoms with Crippen molar-refractivity contribution < 1.29 is 28.8 Å². The zero-order valence-corrected chi connectivity index (χ0v) is 27.5. The molecule has 1 saturated heterocycles. The van der Waals surface area contributed by atoms with Gasteiger partial charge in [0.25, 0.3) is 5.91 Å². The van der Waals surface area contributed by atoms with Crippen LogP contribution < -0.4 is 16.0 Å². The van der Waals surface area contributed by atoms with Crippen molar-refractivity contribution in [2.45, 2.75) is 102 Å². The van der Waals surface area contributed by atoms with Crippen molar-refractivity contribution in [2.24, 2.45) is 10.6 Å². The number of ketones is 1. The fraction of sp³-hybridized carbons (Fsp3) is 0.514. The van der Waals surface area contributed by atoms with E-state index in [4.69, 9.17) is 4.84 Å². The van der Waals surface area contributed by atoms with Gasteiger partial charge in [-0.05, 0) is 41.9 Å². The maximum Gasteiger partial charge on any atom is 0.289 e. The minimum absolute atomic E-state index is 0.00625. The minimum Gasteiger partial charge on any atom is -0.387 e. The first-order valence-corrected chi connectivity index (χ1v) is 16.3. The number of nitrogens with one attached hydrogen (secondary N) is 3. The number of rotatable bonds is 12. The zero-order chi connectivity index (χ0) is 33.8. The van der Waals surface area contributed by atoms with Gasteiger partial charge >= 0.3 is 0 Å². The molecule has 12 nitrogen and oxygen atoms in total. The van der Waals surface area contributed by atoms with Gasteiger partial charge < -0.3 is 25.7 Å². The van der Waals surface area contributed by atoms with Gasteiger partial charge in [-0.1, -0.05) is 75.7 Å². The average Bonchev–Trinajstić information content (AvgIpc) is 3.64. The molecule has 1 spiro atoms. The van der Waals surface area contributed by atoms with Gasteiger partial charge in [0, 0.05) is 31.3 Å². The summed E-state index contributed by atoms with van der Waals surface area (Å²) in [6.07, 6.45) is 6.19. The van der Waals surface area contributed by atoms with Crippen molar-refractivity contribution >= 4 is 35.1 Å². The lowest BCUT2D eigenvalue weighted by molar-refractivity contribution is -0.145. The number of aromatic nitrogens is 1. The molecule has 12 heteroatoms. The Morgan fingerprint density at radius 3 is 2.43 bits per heavy atom. The van der Waals surface area contributed by atoms with Gasteiger partial charge in [-0.25, -0.2) is 0 Å². The van der Waals surface area contributed by atoms with E-state index in [1.165, 1.54) is 4.90 Å². The Balaban J connectivity index is 1.39. The van der Waals surface area contributed by atoms with Gasteiger partial charge in [-0.3, -0.25) is 29.0 Å². The van der Waals surface area contributed by atoms with E-state index < -0.39 is 52.6 Å². The van der Waals surface area contributed by atoms with E-state index in [1.807, 2.05) is 58.0 Å². The summed E-state index contributed by atoms with van der Waals surface area (Å²) < 4.78 is 0. The number of carbonyl (C=O) groups is 5. The van der Waals surface area contributed by atoms with E-state index in [2.05, 4.69) is 26.1 Å². The number of likely N-dealkylation sites (tertiary alicyclic amines) is 1. The highest BCUT2D eigenvalue weighted by Crippen LogP contribution is 2.40. The Bertz CT molecular complexity index is 1520. The van der Waals surface area contributed by atoms with E-state index in [0.717, 1.165) is 18.4 Å². The Morgan fingerprint density at radius 1 is 1.04 bits per heavy atom. The van der Waals surface area contributed by atoms with E-state index >= 15 is 0 Å². The Labute approximate surface area is 275 Å². The van der Waals surface area contributed by atoms with Crippen molar-refractivity contribution in [3.63, 3.8) is 0 Å². The van der Waals surface area contributed by atoms with Gasteiger partial charge in [0.15, 0.2) is 5.60 Å². The molecular formula is C35H44N6O6. The summed E-state index contributed by atoms with van der Waals surface area (Å²) in [4.78, 5) is 79.0. The lowest BCUT2D eigenvalue weighted by Gasteiger charge is -2.35. The third kappa shape index (κ3) is 8.22. The molecule has 2 aliphatic heterocycles. The van der Waals surface area contributed by atoms with Crippen molar-refractivity contribution in [3.05, 3.63) is 66.0 Å². The molecule has 0 bridgehead atoms. The van der Waals surface area contributed by atoms with Crippen LogP contribution in [0.3, 0.4) is 0 Å². The second-order valence-electron chi connectivity index (χ2n) is 13.9. The van der Waals surface area contributed by atoms with Crippen LogP contribution in [-0.2, 0) is 35.2 Å². The Hall–Kier alpha value is -4.61. The predicted octanol–water partition coefficient (Wildman–Crippen LogP) is 2.45. The first-order valence-electron chi connectivity index (χ1n) is 16.3. The molecule has 47 heavy (non-hydrogen) atoms. The number of hydrogen-bond donors (Lipinski definition) is 3. The number of Topliss-reactive ketones (excluding diaryl/α,β-unsaturated/α-hetero) is 1. The fourth-order valence-electron chi connectivity index (χ4n) is 6.10. The van der Waals surface area contributed by atoms with Crippen LogP contribution >= 0.6 is 0 Å². The fourth-order valence-corrected chi connectivity index (χ4v) is 6.10. The van der Waals surface area contributed by atoms with Crippen molar-refractivity contribution in [2.75, 3.05) is 6.54 Å². The van der Waals surface area contributed by atoms with Crippen molar-refractivity contribution in [3.8, 4) is 0 Å². The molecule has 250 valence electrons. The molecule has 3 aliphatic rings. The highest BCUT2D eigenvalue weighted by Gasteiger charge is 2.55. The van der Waals surface area contributed by atoms with Crippen LogP contribution in [0, 0.1) is 5.41 Å². The second-order valence-corrected chi connectivity index (χ2v) is 13.9. The molecule has 0 unspecified atom stereocenters. The summed E-state index contributed by atoms with van der Waals surface area (Å²) in [5.41, 5.74) is 0.568. The van der Waals surface area contributed by atoms with Crippen LogP contribution in [0.5, 0.6) is 0 Å². The quantitative estimate of drug-likeness (QED) is 0.300. The number of nitrogens with zero attached hydrogens (tertiary/aromatic N) is 3. The summed E-state index contributed by atoms with van der Waals surface area (Å²) >= 11 is 0. The Morgan fingerprint density at radius 2 is 1.79 bits per heavy atom. The van der Waals surface area contributed by atoms with E-state index in [0.29, 0.717) is 24.1 Å². The maximum atomic E-state index is 14.5. The van der Waals surface area contributed by atoms with Crippen LogP contribution in [0.25, 0.3) is 0 Å². The highest BCUT2D eigenvalue weighted by atomic mass is 16.7. The van der Waals surface area contributed by atoms with Gasteiger partial charge in [-0.2, -0.15) is 0 Å². The first kappa shape index (κ1) is 33.7. The molecule has 3 N–H and O–H groups in total. The van der Waals surface area contributed by atoms with E-state index in [1.54, 1.807) is 24.5 Å². The molecule has 2 fully saturated rings. The van der Waals surface area contributed by atoms with Gasteiger partial charge in [-0.15, -0.1) is 0 Å². The average molecular weight is 645 g/mol. The smallest absolute Gasteiger partial charge is 0.289 e. The molecule has 4 atom stereocenters. The first-order chi connectivity index (χ1) is 22.4. The Kier molecular flexibility index (Phi) is 10.1. The summed E-state index contributed by atoms with van der Waals surface area (Å²) in [6.45, 7) is 7.44.